The molecule has 0 aromatic carbocycles. The summed E-state index contributed by atoms with van der Waals surface area (Å²) in [5.41, 5.74) is 1.52. The monoisotopic (exact) mass is 408 g/mol. The molecule has 0 N–H and O–H groups in total. The van der Waals surface area contributed by atoms with E-state index in [2.05, 4.69) is 125 Å². The molecular formula is C29H60. The number of hydrogen-bond donors (Lipinski definition) is 0. The lowest BCUT2D eigenvalue weighted by Crippen LogP contribution is -2.63. The van der Waals surface area contributed by atoms with Crippen LogP contribution in [-0.4, -0.2) is 0 Å². The molecule has 0 aliphatic heterocycles. The minimum atomic E-state index is 0.137. The Labute approximate surface area is 187 Å². The summed E-state index contributed by atoms with van der Waals surface area (Å²) < 4.78 is 0. The second-order valence-corrected chi connectivity index (χ2v) is 15.0. The van der Waals surface area contributed by atoms with E-state index < -0.39 is 0 Å². The molecule has 0 heterocycles. The van der Waals surface area contributed by atoms with E-state index in [0.29, 0.717) is 5.41 Å². The fraction of sp³-hybridized carbons (Fsp3) is 1.00. The quantitative estimate of drug-likeness (QED) is 0.356. The first kappa shape index (κ1) is 29.0. The normalized spacial score (nSPS) is 16.3. The molecule has 0 spiro atoms. The highest BCUT2D eigenvalue weighted by molar-refractivity contribution is 5.13. The number of hydrogen-bond acceptors (Lipinski definition) is 0. The van der Waals surface area contributed by atoms with Gasteiger partial charge in [0.15, 0.2) is 0 Å². The lowest BCUT2D eigenvalue weighted by molar-refractivity contribution is -0.210. The molecule has 0 radical (unpaired) electrons. The van der Waals surface area contributed by atoms with Crippen molar-refractivity contribution in [1.29, 1.82) is 0 Å². The molecule has 0 saturated carbocycles. The van der Waals surface area contributed by atoms with E-state index >= 15 is 0 Å². The molecule has 0 amide bonds. The van der Waals surface area contributed by atoms with E-state index in [1.54, 1.807) is 0 Å². The van der Waals surface area contributed by atoms with Gasteiger partial charge in [-0.2, -0.15) is 0 Å². The lowest BCUT2D eigenvalue weighted by Gasteiger charge is -2.69. The van der Waals surface area contributed by atoms with Crippen LogP contribution in [0, 0.1) is 43.3 Å². The Kier molecular flexibility index (Phi) is 7.85. The van der Waals surface area contributed by atoms with Crippen LogP contribution in [0.2, 0.25) is 0 Å². The zero-order valence-electron chi connectivity index (χ0n) is 24.1. The molecule has 0 heteroatoms. The SMILES string of the molecule is CCCCC(C)(C)C(C)(C)C(C)(C)C(C)(C)C(C)(C)C(C)(C)C(C)(C)C(C)(C)C. The summed E-state index contributed by atoms with van der Waals surface area (Å²) in [6, 6.07) is 0. The molecule has 29 heavy (non-hydrogen) atoms. The maximum atomic E-state index is 2.56. The molecule has 0 atom stereocenters. The molecular weight excluding hydrogens is 348 g/mol. The highest BCUT2D eigenvalue weighted by Gasteiger charge is 2.64. The van der Waals surface area contributed by atoms with Crippen LogP contribution in [0.25, 0.3) is 0 Å². The Morgan fingerprint density at radius 3 is 0.931 bits per heavy atom. The zero-order valence-corrected chi connectivity index (χ0v) is 24.1. The lowest BCUT2D eigenvalue weighted by atomic mass is 9.35. The van der Waals surface area contributed by atoms with Crippen LogP contribution in [0.5, 0.6) is 0 Å². The molecule has 0 aromatic rings. The van der Waals surface area contributed by atoms with Crippen molar-refractivity contribution in [1.82, 2.24) is 0 Å². The Balaban J connectivity index is 6.57. The van der Waals surface area contributed by atoms with Gasteiger partial charge < -0.3 is 0 Å². The molecule has 176 valence electrons. The molecule has 0 fully saturated rings. The third kappa shape index (κ3) is 4.09. The van der Waals surface area contributed by atoms with Gasteiger partial charge in [-0.1, -0.05) is 137 Å². The average Bonchev–Trinajstić information content (AvgIpc) is 2.50. The zero-order chi connectivity index (χ0) is 24.1. The van der Waals surface area contributed by atoms with Gasteiger partial charge >= 0.3 is 0 Å². The van der Waals surface area contributed by atoms with E-state index in [-0.39, 0.29) is 37.9 Å². The fourth-order valence-corrected chi connectivity index (χ4v) is 5.84. The molecule has 0 saturated heterocycles. The second-order valence-electron chi connectivity index (χ2n) is 15.0. The van der Waals surface area contributed by atoms with Crippen molar-refractivity contribution in [3.8, 4) is 0 Å². The average molecular weight is 409 g/mol. The smallest absolute Gasteiger partial charge is 0.0241 e. The van der Waals surface area contributed by atoms with Crippen LogP contribution < -0.4 is 0 Å². The minimum Gasteiger partial charge on any atom is -0.0654 e. The molecule has 0 unspecified atom stereocenters. The summed E-state index contributed by atoms with van der Waals surface area (Å²) in [6.45, 7) is 45.1. The molecule has 0 bridgehead atoms. The number of rotatable bonds is 9. The van der Waals surface area contributed by atoms with Crippen LogP contribution in [0.1, 0.15) is 144 Å². The van der Waals surface area contributed by atoms with Gasteiger partial charge in [-0.15, -0.1) is 0 Å². The van der Waals surface area contributed by atoms with E-state index in [1.807, 2.05) is 0 Å². The van der Waals surface area contributed by atoms with E-state index in [1.165, 1.54) is 19.3 Å². The second kappa shape index (κ2) is 7.85. The van der Waals surface area contributed by atoms with Gasteiger partial charge in [0.1, 0.15) is 0 Å². The van der Waals surface area contributed by atoms with Gasteiger partial charge in [-0.25, -0.2) is 0 Å². The van der Waals surface area contributed by atoms with Crippen molar-refractivity contribution in [3.05, 3.63) is 0 Å². The molecule has 0 aliphatic carbocycles. The van der Waals surface area contributed by atoms with Crippen molar-refractivity contribution < 1.29 is 0 Å². The topological polar surface area (TPSA) is 0 Å². The molecule has 0 nitrogen and oxygen atoms in total. The summed E-state index contributed by atoms with van der Waals surface area (Å²) in [7, 11) is 0. The van der Waals surface area contributed by atoms with Crippen molar-refractivity contribution in [2.75, 3.05) is 0 Å². The first-order chi connectivity index (χ1) is 12.3. The maximum Gasteiger partial charge on any atom is -0.0241 e. The fourth-order valence-electron chi connectivity index (χ4n) is 5.84. The van der Waals surface area contributed by atoms with Gasteiger partial charge in [0.05, 0.1) is 0 Å². The third-order valence-corrected chi connectivity index (χ3v) is 12.5. The van der Waals surface area contributed by atoms with Crippen molar-refractivity contribution in [2.24, 2.45) is 43.3 Å². The van der Waals surface area contributed by atoms with Crippen molar-refractivity contribution >= 4 is 0 Å². The van der Waals surface area contributed by atoms with Gasteiger partial charge in [0.2, 0.25) is 0 Å². The molecule has 0 aliphatic rings. The third-order valence-electron chi connectivity index (χ3n) is 12.5. The standard InChI is InChI=1S/C29H60/c1-19-20-21-23(5,6)25(9,10)27(13,14)29(17,18)28(15,16)26(11,12)24(7,8)22(2,3)4/h19-21H2,1-18H3. The maximum absolute atomic E-state index is 2.56. The molecule has 0 aromatic heterocycles. The summed E-state index contributed by atoms with van der Waals surface area (Å²) in [6.07, 6.45) is 3.90. The van der Waals surface area contributed by atoms with Crippen LogP contribution >= 0.6 is 0 Å². The van der Waals surface area contributed by atoms with Crippen LogP contribution in [0.3, 0.4) is 0 Å². The Morgan fingerprint density at radius 1 is 0.379 bits per heavy atom. The molecule has 0 rings (SSSR count). The highest BCUT2D eigenvalue weighted by Crippen LogP contribution is 2.71. The Bertz CT molecular complexity index is 541. The Morgan fingerprint density at radius 2 is 0.655 bits per heavy atom. The largest absolute Gasteiger partial charge is 0.0654 e. The summed E-state index contributed by atoms with van der Waals surface area (Å²) >= 11 is 0. The predicted octanol–water partition coefficient (Wildman–Crippen LogP) is 10.4. The van der Waals surface area contributed by atoms with Gasteiger partial charge in [-0.05, 0) is 49.7 Å². The Hall–Kier alpha value is 0. The van der Waals surface area contributed by atoms with Gasteiger partial charge in [-0.3, -0.25) is 0 Å². The summed E-state index contributed by atoms with van der Waals surface area (Å²) in [5.74, 6) is 0. The number of unbranched alkanes of at least 4 members (excludes halogenated alkanes) is 1. The van der Waals surface area contributed by atoms with E-state index in [4.69, 9.17) is 0 Å². The predicted molar refractivity (Wildman–Crippen MR) is 135 cm³/mol. The first-order valence-electron chi connectivity index (χ1n) is 12.3. The highest BCUT2D eigenvalue weighted by atomic mass is 14.7. The van der Waals surface area contributed by atoms with E-state index in [0.717, 1.165) is 0 Å². The van der Waals surface area contributed by atoms with Crippen LogP contribution in [0.15, 0.2) is 0 Å². The van der Waals surface area contributed by atoms with Crippen LogP contribution in [0.4, 0.5) is 0 Å². The van der Waals surface area contributed by atoms with E-state index in [9.17, 15) is 0 Å². The van der Waals surface area contributed by atoms with Crippen molar-refractivity contribution in [2.45, 2.75) is 144 Å². The van der Waals surface area contributed by atoms with Crippen molar-refractivity contribution in [3.63, 3.8) is 0 Å². The van der Waals surface area contributed by atoms with Gasteiger partial charge in [0, 0.05) is 0 Å². The van der Waals surface area contributed by atoms with Gasteiger partial charge in [0.25, 0.3) is 0 Å². The first-order valence-corrected chi connectivity index (χ1v) is 12.3. The minimum absolute atomic E-state index is 0.137. The van der Waals surface area contributed by atoms with Crippen LogP contribution in [-0.2, 0) is 0 Å². The summed E-state index contributed by atoms with van der Waals surface area (Å²) in [4.78, 5) is 0. The summed E-state index contributed by atoms with van der Waals surface area (Å²) in [5, 5.41) is 0.